The van der Waals surface area contributed by atoms with Crippen LogP contribution in [0.2, 0.25) is 0 Å². The summed E-state index contributed by atoms with van der Waals surface area (Å²) >= 11 is 0. The minimum absolute atomic E-state index is 0.132. The Bertz CT molecular complexity index is 899. The fourth-order valence-electron chi connectivity index (χ4n) is 3.90. The molecule has 0 aliphatic carbocycles. The third-order valence-corrected chi connectivity index (χ3v) is 5.13. The number of fused-ring (bicyclic) bond motifs is 1. The summed E-state index contributed by atoms with van der Waals surface area (Å²) in [6, 6.07) is 8.64. The van der Waals surface area contributed by atoms with Crippen molar-refractivity contribution in [1.82, 2.24) is 10.2 Å². The van der Waals surface area contributed by atoms with Crippen molar-refractivity contribution in [3.63, 3.8) is 0 Å². The largest absolute Gasteiger partial charge is 0.420 e. The van der Waals surface area contributed by atoms with E-state index in [0.29, 0.717) is 11.5 Å². The normalized spacial score (nSPS) is 19.6. The zero-order valence-electron chi connectivity index (χ0n) is 14.5. The van der Waals surface area contributed by atoms with Gasteiger partial charge in [-0.15, -0.1) is 5.10 Å². The number of rotatable bonds is 2. The lowest BCUT2D eigenvalue weighted by molar-refractivity contribution is 0.379. The van der Waals surface area contributed by atoms with E-state index in [-0.39, 0.29) is 11.8 Å². The Kier molecular flexibility index (Phi) is 3.65. The molecule has 1 atom stereocenters. The number of H-pyrrole nitrogens is 1. The number of nitriles is 1. The van der Waals surface area contributed by atoms with E-state index in [4.69, 9.17) is 10.5 Å². The molecule has 6 heteroatoms. The van der Waals surface area contributed by atoms with Crippen LogP contribution in [-0.4, -0.2) is 23.3 Å². The van der Waals surface area contributed by atoms with Crippen LogP contribution >= 0.6 is 0 Å². The van der Waals surface area contributed by atoms with Gasteiger partial charge in [0.1, 0.15) is 11.6 Å². The lowest BCUT2D eigenvalue weighted by Gasteiger charge is -2.26. The molecule has 128 valence electrons. The van der Waals surface area contributed by atoms with Crippen molar-refractivity contribution >= 4 is 5.69 Å². The second-order valence-electron chi connectivity index (χ2n) is 6.73. The van der Waals surface area contributed by atoms with E-state index in [9.17, 15) is 5.26 Å². The molecule has 3 N–H and O–H groups in total. The first kappa shape index (κ1) is 15.6. The van der Waals surface area contributed by atoms with E-state index in [1.165, 1.54) is 24.1 Å². The van der Waals surface area contributed by atoms with Crippen molar-refractivity contribution in [3.8, 4) is 11.9 Å². The van der Waals surface area contributed by atoms with E-state index >= 15 is 0 Å². The van der Waals surface area contributed by atoms with Crippen LogP contribution in [0.5, 0.6) is 5.88 Å². The third kappa shape index (κ3) is 2.43. The first-order chi connectivity index (χ1) is 12.1. The molecule has 6 nitrogen and oxygen atoms in total. The average Bonchev–Trinajstić information content (AvgIpc) is 3.24. The first-order valence-electron chi connectivity index (χ1n) is 8.58. The number of nitrogens with zero attached hydrogens (tertiary/aromatic N) is 3. The number of benzene rings is 1. The highest BCUT2D eigenvalue weighted by molar-refractivity contribution is 5.60. The van der Waals surface area contributed by atoms with Crippen molar-refractivity contribution in [1.29, 1.82) is 5.26 Å². The monoisotopic (exact) mass is 335 g/mol. The van der Waals surface area contributed by atoms with Crippen LogP contribution in [0.4, 0.5) is 5.69 Å². The van der Waals surface area contributed by atoms with Crippen LogP contribution in [0.1, 0.15) is 41.1 Å². The van der Waals surface area contributed by atoms with Crippen LogP contribution in [0.15, 0.2) is 29.7 Å². The molecule has 1 aromatic heterocycles. The van der Waals surface area contributed by atoms with Gasteiger partial charge in [0, 0.05) is 30.0 Å². The van der Waals surface area contributed by atoms with Gasteiger partial charge in [-0.2, -0.15) is 5.26 Å². The summed E-state index contributed by atoms with van der Waals surface area (Å²) in [7, 11) is 0. The number of anilines is 1. The lowest BCUT2D eigenvalue weighted by atomic mass is 9.83. The highest BCUT2D eigenvalue weighted by Gasteiger charge is 2.34. The fraction of sp³-hybridized carbons (Fsp3) is 0.368. The Morgan fingerprint density at radius 1 is 1.32 bits per heavy atom. The summed E-state index contributed by atoms with van der Waals surface area (Å²) in [6.45, 7) is 6.28. The summed E-state index contributed by atoms with van der Waals surface area (Å²) < 4.78 is 5.53. The van der Waals surface area contributed by atoms with E-state index in [0.717, 1.165) is 29.9 Å². The van der Waals surface area contributed by atoms with Crippen LogP contribution in [0.25, 0.3) is 0 Å². The maximum atomic E-state index is 9.64. The van der Waals surface area contributed by atoms with Gasteiger partial charge >= 0.3 is 0 Å². The predicted molar refractivity (Wildman–Crippen MR) is 95.2 cm³/mol. The molecule has 1 aromatic carbocycles. The Labute approximate surface area is 146 Å². The molecule has 1 saturated heterocycles. The number of ether oxygens (including phenoxy) is 1. The van der Waals surface area contributed by atoms with Crippen molar-refractivity contribution in [3.05, 3.63) is 52.0 Å². The Morgan fingerprint density at radius 3 is 2.76 bits per heavy atom. The van der Waals surface area contributed by atoms with Crippen LogP contribution in [0, 0.1) is 25.2 Å². The van der Waals surface area contributed by atoms with E-state index in [1.54, 1.807) is 0 Å². The summed E-state index contributed by atoms with van der Waals surface area (Å²) in [5.41, 5.74) is 11.7. The van der Waals surface area contributed by atoms with E-state index in [1.807, 2.05) is 6.92 Å². The van der Waals surface area contributed by atoms with Gasteiger partial charge in [-0.3, -0.25) is 5.10 Å². The second kappa shape index (κ2) is 5.85. The maximum Gasteiger partial charge on any atom is 0.244 e. The zero-order chi connectivity index (χ0) is 17.6. The minimum atomic E-state index is -0.251. The standard InChI is InChI=1S/C19H21N5O/c1-11-9-13(5-6-15(11)24-7-3-4-8-24)17-14(10-20)18(21)25-19-16(17)12(2)22-23-19/h5-6,9,17H,3-4,7-8,21H2,1-2H3,(H,22,23). The van der Waals surface area contributed by atoms with Gasteiger partial charge in [0.05, 0.1) is 5.92 Å². The van der Waals surface area contributed by atoms with Crippen LogP contribution < -0.4 is 15.4 Å². The Morgan fingerprint density at radius 2 is 2.08 bits per heavy atom. The molecular weight excluding hydrogens is 314 g/mol. The molecule has 0 bridgehead atoms. The summed E-state index contributed by atoms with van der Waals surface area (Å²) in [5, 5.41) is 16.8. The summed E-state index contributed by atoms with van der Waals surface area (Å²) in [5.74, 6) is 0.340. The minimum Gasteiger partial charge on any atom is -0.420 e. The number of nitrogens with two attached hydrogens (primary N) is 1. The Balaban J connectivity index is 1.81. The number of allylic oxidation sites excluding steroid dienone is 1. The number of aromatic amines is 1. The highest BCUT2D eigenvalue weighted by atomic mass is 16.5. The molecule has 4 rings (SSSR count). The van der Waals surface area contributed by atoms with Crippen LogP contribution in [0.3, 0.4) is 0 Å². The molecule has 0 radical (unpaired) electrons. The molecule has 0 saturated carbocycles. The quantitative estimate of drug-likeness (QED) is 0.880. The number of hydrogen-bond donors (Lipinski definition) is 2. The molecule has 2 aliphatic heterocycles. The van der Waals surface area contributed by atoms with Crippen LogP contribution in [-0.2, 0) is 0 Å². The van der Waals surface area contributed by atoms with Gasteiger partial charge < -0.3 is 15.4 Å². The van der Waals surface area contributed by atoms with Crippen molar-refractivity contribution in [2.75, 3.05) is 18.0 Å². The second-order valence-corrected chi connectivity index (χ2v) is 6.73. The highest BCUT2D eigenvalue weighted by Crippen LogP contribution is 2.43. The van der Waals surface area contributed by atoms with Gasteiger partial charge in [-0.25, -0.2) is 0 Å². The molecule has 1 fully saturated rings. The summed E-state index contributed by atoms with van der Waals surface area (Å²) in [6.07, 6.45) is 2.49. The fourth-order valence-corrected chi connectivity index (χ4v) is 3.90. The first-order valence-corrected chi connectivity index (χ1v) is 8.58. The lowest BCUT2D eigenvalue weighted by Crippen LogP contribution is -2.22. The number of hydrogen-bond acceptors (Lipinski definition) is 5. The SMILES string of the molecule is Cc1cc(C2C(C#N)=C(N)Oc3n[nH]c(C)c32)ccc1N1CCCC1. The number of nitrogens with one attached hydrogen (secondary N) is 1. The molecule has 1 unspecified atom stereocenters. The van der Waals surface area contributed by atoms with Gasteiger partial charge in [0.2, 0.25) is 11.8 Å². The van der Waals surface area contributed by atoms with Gasteiger partial charge in [-0.05, 0) is 43.9 Å². The Hall–Kier alpha value is -2.94. The summed E-state index contributed by atoms with van der Waals surface area (Å²) in [4.78, 5) is 2.42. The topological polar surface area (TPSA) is 91.0 Å². The molecule has 2 aromatic rings. The average molecular weight is 335 g/mol. The predicted octanol–water partition coefficient (Wildman–Crippen LogP) is 2.84. The molecule has 0 spiro atoms. The van der Waals surface area contributed by atoms with Gasteiger partial charge in [-0.1, -0.05) is 12.1 Å². The number of aryl methyl sites for hydroxylation is 2. The molecule has 2 aliphatic rings. The van der Waals surface area contributed by atoms with Crippen molar-refractivity contribution in [2.24, 2.45) is 5.73 Å². The smallest absolute Gasteiger partial charge is 0.244 e. The zero-order valence-corrected chi connectivity index (χ0v) is 14.5. The van der Waals surface area contributed by atoms with Crippen molar-refractivity contribution < 1.29 is 4.74 Å². The third-order valence-electron chi connectivity index (χ3n) is 5.13. The van der Waals surface area contributed by atoms with Crippen molar-refractivity contribution in [2.45, 2.75) is 32.6 Å². The molecular formula is C19H21N5O. The maximum absolute atomic E-state index is 9.64. The van der Waals surface area contributed by atoms with E-state index in [2.05, 4.69) is 46.3 Å². The van der Waals surface area contributed by atoms with Gasteiger partial charge in [0.25, 0.3) is 0 Å². The molecule has 25 heavy (non-hydrogen) atoms. The molecule has 3 heterocycles. The van der Waals surface area contributed by atoms with Gasteiger partial charge in [0.15, 0.2) is 0 Å². The van der Waals surface area contributed by atoms with E-state index < -0.39 is 0 Å². The number of aromatic nitrogens is 2. The molecule has 0 amide bonds.